The number of hydrogen-bond acceptors (Lipinski definition) is 4. The van der Waals surface area contributed by atoms with E-state index in [4.69, 9.17) is 5.73 Å². The number of aromatic nitrogens is 3. The zero-order valence-electron chi connectivity index (χ0n) is 20.3. The second-order valence-electron chi connectivity index (χ2n) is 8.63. The summed E-state index contributed by atoms with van der Waals surface area (Å²) in [7, 11) is 1.59. The number of anilines is 1. The van der Waals surface area contributed by atoms with Crippen LogP contribution in [-0.2, 0) is 11.8 Å². The number of nitrogens with two attached hydrogens (primary N) is 1. The second-order valence-corrected chi connectivity index (χ2v) is 8.63. The molecule has 5 aromatic rings. The maximum atomic E-state index is 15.2. The van der Waals surface area contributed by atoms with E-state index in [0.29, 0.717) is 16.5 Å². The Morgan fingerprint density at radius 3 is 2.16 bits per heavy atom. The Bertz CT molecular complexity index is 1570. The molecule has 10 heteroatoms. The number of rotatable bonds is 6. The molecule has 1 atom stereocenters. The largest absolute Gasteiger partial charge is 0.325 e. The van der Waals surface area contributed by atoms with Gasteiger partial charge in [-0.25, -0.2) is 4.39 Å². The Hall–Kier alpha value is -3.98. The molecule has 0 bridgehead atoms. The van der Waals surface area contributed by atoms with Crippen LogP contribution in [0.5, 0.6) is 0 Å². The molecule has 38 heavy (non-hydrogen) atoms. The monoisotopic (exact) mass is 553 g/mol. The third kappa shape index (κ3) is 5.47. The molecule has 1 amide bonds. The van der Waals surface area contributed by atoms with Gasteiger partial charge in [0.05, 0.1) is 12.2 Å². The number of nitrogens with zero attached hydrogens (tertiary/aromatic N) is 2. The molecule has 0 saturated heterocycles. The lowest BCUT2D eigenvalue weighted by Crippen LogP contribution is -2.41. The van der Waals surface area contributed by atoms with E-state index in [0.717, 1.165) is 11.1 Å². The van der Waals surface area contributed by atoms with E-state index in [1.165, 1.54) is 16.8 Å². The Morgan fingerprint density at radius 2 is 1.58 bits per heavy atom. The van der Waals surface area contributed by atoms with E-state index >= 15 is 4.39 Å². The molecule has 0 aliphatic carbocycles. The summed E-state index contributed by atoms with van der Waals surface area (Å²) in [5.41, 5.74) is 9.41. The van der Waals surface area contributed by atoms with Crippen molar-refractivity contribution in [2.45, 2.75) is 12.0 Å². The second kappa shape index (κ2) is 12.0. The Labute approximate surface area is 230 Å². The number of aromatic amines is 1. The summed E-state index contributed by atoms with van der Waals surface area (Å²) in [6.07, 6.45) is 3.06. The van der Waals surface area contributed by atoms with Crippen LogP contribution < -0.4 is 16.6 Å². The SMILES string of the molecule is Cl.Cl.Cn1cc(-c2ccc(NC(=O)[C@@H](N)C(c3ccccc3)c3ccccc3)cc2F)c2cn[nH]c2c1=O. The van der Waals surface area contributed by atoms with Gasteiger partial charge in [0.2, 0.25) is 5.91 Å². The maximum Gasteiger partial charge on any atom is 0.276 e. The van der Waals surface area contributed by atoms with Gasteiger partial charge >= 0.3 is 0 Å². The van der Waals surface area contributed by atoms with Crippen LogP contribution in [-0.4, -0.2) is 26.7 Å². The van der Waals surface area contributed by atoms with Gasteiger partial charge in [-0.3, -0.25) is 14.7 Å². The lowest BCUT2D eigenvalue weighted by atomic mass is 9.85. The summed E-state index contributed by atoms with van der Waals surface area (Å²) >= 11 is 0. The van der Waals surface area contributed by atoms with E-state index in [-0.39, 0.29) is 47.5 Å². The van der Waals surface area contributed by atoms with Crippen molar-refractivity contribution in [2.75, 3.05) is 5.32 Å². The third-order valence-corrected chi connectivity index (χ3v) is 6.29. The van der Waals surface area contributed by atoms with Crippen molar-refractivity contribution in [1.29, 1.82) is 0 Å². The molecule has 0 radical (unpaired) electrons. The van der Waals surface area contributed by atoms with E-state index in [1.807, 2.05) is 60.7 Å². The van der Waals surface area contributed by atoms with Gasteiger partial charge in [0.15, 0.2) is 0 Å². The molecule has 0 spiro atoms. The molecule has 0 fully saturated rings. The molecular formula is C28H26Cl2FN5O2. The highest BCUT2D eigenvalue weighted by atomic mass is 35.5. The van der Waals surface area contributed by atoms with Crippen molar-refractivity contribution in [3.8, 4) is 11.1 Å². The van der Waals surface area contributed by atoms with Crippen molar-refractivity contribution < 1.29 is 9.18 Å². The molecule has 5 rings (SSSR count). The van der Waals surface area contributed by atoms with Crippen LogP contribution in [0.2, 0.25) is 0 Å². The minimum Gasteiger partial charge on any atom is -0.325 e. The predicted octanol–water partition coefficient (Wildman–Crippen LogP) is 5.01. The molecule has 3 aromatic carbocycles. The number of hydrogen-bond donors (Lipinski definition) is 3. The number of halogens is 3. The van der Waals surface area contributed by atoms with Crippen LogP contribution in [0.3, 0.4) is 0 Å². The highest BCUT2D eigenvalue weighted by molar-refractivity contribution is 5.97. The van der Waals surface area contributed by atoms with Gasteiger partial charge in [-0.1, -0.05) is 60.7 Å². The number of amides is 1. The molecule has 4 N–H and O–H groups in total. The lowest BCUT2D eigenvalue weighted by Gasteiger charge is -2.24. The standard InChI is InChI=1S/C28H24FN5O2.2ClH/c1-34-16-22(21-15-31-33-26(21)28(34)36)20-13-12-19(14-23(20)29)32-27(35)25(30)24(17-8-4-2-5-9-17)18-10-6-3-7-11-18;;/h2-16,24-25H,30H2,1H3,(H,31,33)(H,32,35);2*1H/t25-;;/m0../s1. The van der Waals surface area contributed by atoms with E-state index in [9.17, 15) is 9.59 Å². The Balaban J connectivity index is 0.00000200. The van der Waals surface area contributed by atoms with Gasteiger partial charge in [-0.15, -0.1) is 24.8 Å². The molecular weight excluding hydrogens is 528 g/mol. The van der Waals surface area contributed by atoms with Crippen LogP contribution in [0.25, 0.3) is 22.0 Å². The van der Waals surface area contributed by atoms with Gasteiger partial charge in [0, 0.05) is 41.4 Å². The normalized spacial score (nSPS) is 11.5. The van der Waals surface area contributed by atoms with E-state index in [1.54, 1.807) is 25.4 Å². The summed E-state index contributed by atoms with van der Waals surface area (Å²) in [4.78, 5) is 25.5. The van der Waals surface area contributed by atoms with Crippen LogP contribution >= 0.6 is 24.8 Å². The lowest BCUT2D eigenvalue weighted by molar-refractivity contribution is -0.117. The first kappa shape index (κ1) is 28.6. The Kier molecular flexibility index (Phi) is 9.06. The first-order valence-corrected chi connectivity index (χ1v) is 11.4. The predicted molar refractivity (Wildman–Crippen MR) is 153 cm³/mol. The number of fused-ring (bicyclic) bond motifs is 1. The van der Waals surface area contributed by atoms with Gasteiger partial charge in [-0.05, 0) is 29.3 Å². The van der Waals surface area contributed by atoms with Gasteiger partial charge < -0.3 is 15.6 Å². The van der Waals surface area contributed by atoms with Crippen molar-refractivity contribution in [3.63, 3.8) is 0 Å². The fraction of sp³-hybridized carbons (Fsp3) is 0.107. The van der Waals surface area contributed by atoms with Crippen LogP contribution in [0.4, 0.5) is 10.1 Å². The molecule has 0 aliphatic heterocycles. The minimum absolute atomic E-state index is 0. The summed E-state index contributed by atoms with van der Waals surface area (Å²) in [6.45, 7) is 0. The molecule has 0 aliphatic rings. The van der Waals surface area contributed by atoms with Crippen LogP contribution in [0, 0.1) is 5.82 Å². The Morgan fingerprint density at radius 1 is 0.974 bits per heavy atom. The number of nitrogens with one attached hydrogen (secondary N) is 2. The topological polar surface area (TPSA) is 106 Å². The summed E-state index contributed by atoms with van der Waals surface area (Å²) in [5.74, 6) is -1.36. The fourth-order valence-electron chi connectivity index (χ4n) is 4.48. The molecule has 2 heterocycles. The van der Waals surface area contributed by atoms with Crippen LogP contribution in [0.15, 0.2) is 96.1 Å². The molecule has 196 valence electrons. The van der Waals surface area contributed by atoms with Gasteiger partial charge in [-0.2, -0.15) is 5.10 Å². The molecule has 2 aromatic heterocycles. The zero-order valence-corrected chi connectivity index (χ0v) is 21.9. The van der Waals surface area contributed by atoms with Gasteiger partial charge in [0.25, 0.3) is 5.56 Å². The fourth-order valence-corrected chi connectivity index (χ4v) is 4.48. The number of H-pyrrole nitrogens is 1. The van der Waals surface area contributed by atoms with Crippen molar-refractivity contribution in [3.05, 3.63) is 119 Å². The van der Waals surface area contributed by atoms with Gasteiger partial charge in [0.1, 0.15) is 11.3 Å². The van der Waals surface area contributed by atoms with E-state index < -0.39 is 17.8 Å². The molecule has 0 saturated carbocycles. The minimum atomic E-state index is -0.910. The first-order valence-electron chi connectivity index (χ1n) is 11.4. The zero-order chi connectivity index (χ0) is 25.2. The number of carbonyl (C=O) groups is 1. The number of pyridine rings is 1. The van der Waals surface area contributed by atoms with Crippen molar-refractivity contribution in [1.82, 2.24) is 14.8 Å². The molecule has 7 nitrogen and oxygen atoms in total. The number of benzene rings is 3. The summed E-state index contributed by atoms with van der Waals surface area (Å²) in [5, 5.41) is 9.87. The van der Waals surface area contributed by atoms with E-state index in [2.05, 4.69) is 15.5 Å². The maximum absolute atomic E-state index is 15.2. The highest BCUT2D eigenvalue weighted by Crippen LogP contribution is 2.31. The first-order chi connectivity index (χ1) is 17.4. The summed E-state index contributed by atoms with van der Waals surface area (Å²) in [6, 6.07) is 22.7. The third-order valence-electron chi connectivity index (χ3n) is 6.29. The van der Waals surface area contributed by atoms with Crippen molar-refractivity contribution in [2.24, 2.45) is 12.8 Å². The molecule has 0 unspecified atom stereocenters. The summed E-state index contributed by atoms with van der Waals surface area (Å²) < 4.78 is 16.6. The van der Waals surface area contributed by atoms with Crippen molar-refractivity contribution >= 4 is 47.3 Å². The van der Waals surface area contributed by atoms with Crippen LogP contribution in [0.1, 0.15) is 17.0 Å². The smallest absolute Gasteiger partial charge is 0.276 e. The number of aryl methyl sites for hydroxylation is 1. The number of carbonyl (C=O) groups excluding carboxylic acids is 1. The quantitative estimate of drug-likeness (QED) is 0.275. The average molecular weight is 554 g/mol. The average Bonchev–Trinajstić information content (AvgIpc) is 3.38. The highest BCUT2D eigenvalue weighted by Gasteiger charge is 2.28.